The summed E-state index contributed by atoms with van der Waals surface area (Å²) in [5, 5.41) is 2.63. The van der Waals surface area contributed by atoms with Gasteiger partial charge in [0, 0.05) is 16.3 Å². The Balaban J connectivity index is 1.68. The summed E-state index contributed by atoms with van der Waals surface area (Å²) in [7, 11) is 0. The Hall–Kier alpha value is -2.41. The van der Waals surface area contributed by atoms with Gasteiger partial charge in [-0.1, -0.05) is 12.1 Å². The van der Waals surface area contributed by atoms with E-state index in [1.807, 2.05) is 19.1 Å². The normalized spacial score (nSPS) is 10.4. The molecule has 1 amide bonds. The molecule has 0 aliphatic rings. The highest BCUT2D eigenvalue weighted by molar-refractivity contribution is 7.99. The number of aryl methyl sites for hydroxylation is 1. The topological polar surface area (TPSA) is 55.4 Å². The van der Waals surface area contributed by atoms with E-state index in [2.05, 4.69) is 5.32 Å². The summed E-state index contributed by atoms with van der Waals surface area (Å²) < 4.78 is 30.8. The summed E-state index contributed by atoms with van der Waals surface area (Å²) in [5.74, 6) is -2.46. The fourth-order valence-electron chi connectivity index (χ4n) is 1.96. The molecule has 0 spiro atoms. The number of thioether (sulfide) groups is 1. The Labute approximate surface area is 148 Å². The predicted molar refractivity (Wildman–Crippen MR) is 92.5 cm³/mol. The van der Waals surface area contributed by atoms with Crippen LogP contribution >= 0.6 is 11.8 Å². The molecule has 1 N–H and O–H groups in total. The van der Waals surface area contributed by atoms with E-state index >= 15 is 0 Å². The van der Waals surface area contributed by atoms with E-state index in [4.69, 9.17) is 4.74 Å². The van der Waals surface area contributed by atoms with Gasteiger partial charge >= 0.3 is 5.97 Å². The van der Waals surface area contributed by atoms with Gasteiger partial charge in [0.2, 0.25) is 0 Å². The van der Waals surface area contributed by atoms with E-state index in [-0.39, 0.29) is 13.0 Å². The van der Waals surface area contributed by atoms with Gasteiger partial charge in [0.25, 0.3) is 5.91 Å². The van der Waals surface area contributed by atoms with Gasteiger partial charge in [0.1, 0.15) is 0 Å². The second-order valence-corrected chi connectivity index (χ2v) is 6.42. The van der Waals surface area contributed by atoms with Crippen LogP contribution in [0, 0.1) is 18.6 Å². The molecule has 0 aliphatic carbocycles. The smallest absolute Gasteiger partial charge is 0.307 e. The third-order valence-corrected chi connectivity index (χ3v) is 4.13. The molecule has 0 bridgehead atoms. The van der Waals surface area contributed by atoms with Gasteiger partial charge in [-0.15, -0.1) is 11.8 Å². The van der Waals surface area contributed by atoms with Gasteiger partial charge in [-0.05, 0) is 42.8 Å². The monoisotopic (exact) mass is 365 g/mol. The number of hydrogen-bond donors (Lipinski definition) is 1. The van der Waals surface area contributed by atoms with E-state index in [0.717, 1.165) is 17.7 Å². The van der Waals surface area contributed by atoms with Crippen LogP contribution < -0.4 is 5.32 Å². The zero-order valence-corrected chi connectivity index (χ0v) is 14.4. The van der Waals surface area contributed by atoms with Crippen LogP contribution in [0.3, 0.4) is 0 Å². The first kappa shape index (κ1) is 18.9. The second-order valence-electron chi connectivity index (χ2n) is 5.25. The Morgan fingerprint density at radius 3 is 2.64 bits per heavy atom. The highest BCUT2D eigenvalue weighted by Crippen LogP contribution is 2.21. The summed E-state index contributed by atoms with van der Waals surface area (Å²) in [6, 6.07) is 10.8. The Morgan fingerprint density at radius 1 is 1.12 bits per heavy atom. The molecule has 4 nitrogen and oxygen atoms in total. The van der Waals surface area contributed by atoms with Crippen molar-refractivity contribution in [2.45, 2.75) is 18.2 Å². The molecule has 132 valence electrons. The average molecular weight is 365 g/mol. The number of nitrogens with one attached hydrogen (secondary N) is 1. The lowest BCUT2D eigenvalue weighted by atomic mass is 10.2. The van der Waals surface area contributed by atoms with E-state index in [1.165, 1.54) is 17.8 Å². The molecule has 2 aromatic rings. The summed E-state index contributed by atoms with van der Waals surface area (Å²) in [6.45, 7) is 1.53. The van der Waals surface area contributed by atoms with Crippen LogP contribution in [0.4, 0.5) is 14.5 Å². The third kappa shape index (κ3) is 6.54. The van der Waals surface area contributed by atoms with Crippen molar-refractivity contribution < 1.29 is 23.1 Å². The number of halogens is 2. The van der Waals surface area contributed by atoms with E-state index in [9.17, 15) is 18.4 Å². The number of esters is 1. The van der Waals surface area contributed by atoms with E-state index in [1.54, 1.807) is 12.1 Å². The maximum absolute atomic E-state index is 13.1. The minimum atomic E-state index is -0.930. The van der Waals surface area contributed by atoms with Gasteiger partial charge < -0.3 is 10.1 Å². The number of carbonyl (C=O) groups excluding carboxylic acids is 2. The van der Waals surface area contributed by atoms with Crippen LogP contribution in [0.5, 0.6) is 0 Å². The number of hydrogen-bond acceptors (Lipinski definition) is 4. The van der Waals surface area contributed by atoms with Crippen molar-refractivity contribution in [1.29, 1.82) is 0 Å². The lowest BCUT2D eigenvalue weighted by Gasteiger charge is -2.07. The number of benzene rings is 2. The van der Waals surface area contributed by atoms with Crippen LogP contribution in [0.25, 0.3) is 0 Å². The van der Waals surface area contributed by atoms with Crippen molar-refractivity contribution in [3.63, 3.8) is 0 Å². The van der Waals surface area contributed by atoms with Crippen molar-refractivity contribution in [3.8, 4) is 0 Å². The lowest BCUT2D eigenvalue weighted by Crippen LogP contribution is -2.21. The molecule has 0 aromatic heterocycles. The number of anilines is 1. The molecule has 0 saturated carbocycles. The molecule has 2 aromatic carbocycles. The Kier molecular flexibility index (Phi) is 6.94. The molecule has 0 radical (unpaired) electrons. The molecule has 7 heteroatoms. The number of ether oxygens (including phenoxy) is 1. The number of amides is 1. The van der Waals surface area contributed by atoms with Crippen LogP contribution in [0.2, 0.25) is 0 Å². The molecule has 0 atom stereocenters. The van der Waals surface area contributed by atoms with Crippen molar-refractivity contribution in [1.82, 2.24) is 0 Å². The van der Waals surface area contributed by atoms with E-state index in [0.29, 0.717) is 16.3 Å². The van der Waals surface area contributed by atoms with Gasteiger partial charge in [0.05, 0.1) is 6.42 Å². The Morgan fingerprint density at radius 2 is 1.92 bits per heavy atom. The third-order valence-electron chi connectivity index (χ3n) is 3.13. The van der Waals surface area contributed by atoms with Crippen LogP contribution in [-0.4, -0.2) is 24.2 Å². The number of rotatable bonds is 7. The van der Waals surface area contributed by atoms with Crippen molar-refractivity contribution in [2.75, 3.05) is 17.7 Å². The standard InChI is InChI=1S/C18H17F2NO3S/c1-12-3-2-4-13(9-12)21-17(22)11-24-18(23)7-8-25-14-5-6-15(19)16(20)10-14/h2-6,9-10H,7-8,11H2,1H3,(H,21,22). The molecule has 0 saturated heterocycles. The quantitative estimate of drug-likeness (QED) is 0.597. The van der Waals surface area contributed by atoms with Gasteiger partial charge in [0.15, 0.2) is 18.2 Å². The predicted octanol–water partition coefficient (Wildman–Crippen LogP) is 3.94. The highest BCUT2D eigenvalue weighted by Gasteiger charge is 2.09. The molecule has 0 fully saturated rings. The van der Waals surface area contributed by atoms with Crippen molar-refractivity contribution in [2.24, 2.45) is 0 Å². The van der Waals surface area contributed by atoms with Crippen molar-refractivity contribution >= 4 is 29.3 Å². The molecule has 0 aliphatic heterocycles. The first-order chi connectivity index (χ1) is 11.9. The van der Waals surface area contributed by atoms with Gasteiger partial charge in [-0.25, -0.2) is 8.78 Å². The molecule has 0 heterocycles. The zero-order chi connectivity index (χ0) is 18.2. The largest absolute Gasteiger partial charge is 0.456 e. The minimum absolute atomic E-state index is 0.0569. The lowest BCUT2D eigenvalue weighted by molar-refractivity contribution is -0.146. The molecular formula is C18H17F2NO3S. The summed E-state index contributed by atoms with van der Waals surface area (Å²) >= 11 is 1.20. The average Bonchev–Trinajstić information content (AvgIpc) is 2.56. The maximum atomic E-state index is 13.1. The SMILES string of the molecule is Cc1cccc(NC(=O)COC(=O)CCSc2ccc(F)c(F)c2)c1. The van der Waals surface area contributed by atoms with Crippen molar-refractivity contribution in [3.05, 3.63) is 59.7 Å². The number of carbonyl (C=O) groups is 2. The van der Waals surface area contributed by atoms with Crippen LogP contribution in [0.15, 0.2) is 47.4 Å². The highest BCUT2D eigenvalue weighted by atomic mass is 32.2. The Bertz CT molecular complexity index is 768. The minimum Gasteiger partial charge on any atom is -0.456 e. The second kappa shape index (κ2) is 9.17. The summed E-state index contributed by atoms with van der Waals surface area (Å²) in [5.41, 5.74) is 1.64. The first-order valence-corrected chi connectivity index (χ1v) is 8.52. The maximum Gasteiger partial charge on any atom is 0.307 e. The van der Waals surface area contributed by atoms with Gasteiger partial charge in [-0.2, -0.15) is 0 Å². The van der Waals surface area contributed by atoms with Crippen LogP contribution in [0.1, 0.15) is 12.0 Å². The van der Waals surface area contributed by atoms with Gasteiger partial charge in [-0.3, -0.25) is 9.59 Å². The molecular weight excluding hydrogens is 348 g/mol. The molecule has 25 heavy (non-hydrogen) atoms. The molecule has 0 unspecified atom stereocenters. The first-order valence-electron chi connectivity index (χ1n) is 7.54. The fourth-order valence-corrected chi connectivity index (χ4v) is 2.81. The summed E-state index contributed by atoms with van der Waals surface area (Å²) in [6.07, 6.45) is 0.0569. The summed E-state index contributed by atoms with van der Waals surface area (Å²) in [4.78, 5) is 23.9. The molecule has 2 rings (SSSR count). The van der Waals surface area contributed by atoms with Crippen LogP contribution in [-0.2, 0) is 14.3 Å². The van der Waals surface area contributed by atoms with E-state index < -0.39 is 23.5 Å². The zero-order valence-electron chi connectivity index (χ0n) is 13.6. The fraction of sp³-hybridized carbons (Fsp3) is 0.222.